The number of anilines is 3. The van der Waals surface area contributed by atoms with E-state index in [9.17, 15) is 31.4 Å². The Bertz CT molecular complexity index is 1090. The van der Waals surface area contributed by atoms with Gasteiger partial charge in [-0.15, -0.1) is 0 Å². The van der Waals surface area contributed by atoms with Crippen molar-refractivity contribution in [1.82, 2.24) is 19.9 Å². The van der Waals surface area contributed by atoms with Crippen LogP contribution in [-0.2, 0) is 12.4 Å². The van der Waals surface area contributed by atoms with Gasteiger partial charge in [0.15, 0.2) is 5.82 Å². The lowest BCUT2D eigenvalue weighted by atomic mass is 10.2. The molecule has 1 atom stereocenters. The largest absolute Gasteiger partial charge is 0.433 e. The molecule has 0 saturated heterocycles. The summed E-state index contributed by atoms with van der Waals surface area (Å²) >= 11 is 0. The van der Waals surface area contributed by atoms with Crippen molar-refractivity contribution in [3.05, 3.63) is 53.9 Å². The third kappa shape index (κ3) is 6.03. The molecule has 13 heteroatoms. The summed E-state index contributed by atoms with van der Waals surface area (Å²) in [6, 6.07) is 6.03. The van der Waals surface area contributed by atoms with Crippen LogP contribution in [0, 0.1) is 0 Å². The third-order valence-electron chi connectivity index (χ3n) is 3.92. The van der Waals surface area contributed by atoms with Gasteiger partial charge < -0.3 is 15.7 Å². The van der Waals surface area contributed by atoms with Crippen LogP contribution in [0.2, 0.25) is 0 Å². The maximum atomic E-state index is 13.0. The van der Waals surface area contributed by atoms with Crippen LogP contribution in [0.25, 0.3) is 11.5 Å². The summed E-state index contributed by atoms with van der Waals surface area (Å²) in [6.45, 7) is 1.54. The van der Waals surface area contributed by atoms with Crippen LogP contribution in [0.5, 0.6) is 0 Å². The summed E-state index contributed by atoms with van der Waals surface area (Å²) < 4.78 is 77.9. The van der Waals surface area contributed by atoms with Gasteiger partial charge >= 0.3 is 12.4 Å². The zero-order valence-corrected chi connectivity index (χ0v) is 16.3. The molecule has 32 heavy (non-hydrogen) atoms. The first-order valence-electron chi connectivity index (χ1n) is 9.08. The maximum Gasteiger partial charge on any atom is 0.433 e. The Morgan fingerprint density at radius 2 is 1.62 bits per heavy atom. The Kier molecular flexibility index (Phi) is 6.48. The first-order valence-corrected chi connectivity index (χ1v) is 9.08. The topological polar surface area (TPSA) is 95.8 Å². The Hall–Kier alpha value is -3.48. The number of rotatable bonds is 6. The summed E-state index contributed by atoms with van der Waals surface area (Å²) in [5.74, 6) is -0.358. The van der Waals surface area contributed by atoms with E-state index in [-0.39, 0.29) is 35.5 Å². The van der Waals surface area contributed by atoms with E-state index >= 15 is 0 Å². The highest BCUT2D eigenvalue weighted by atomic mass is 19.4. The predicted octanol–water partition coefficient (Wildman–Crippen LogP) is 4.51. The number of aliphatic hydroxyl groups is 1. The molecule has 0 saturated carbocycles. The molecule has 3 aromatic heterocycles. The van der Waals surface area contributed by atoms with E-state index in [4.69, 9.17) is 0 Å². The molecule has 0 bridgehead atoms. The predicted molar refractivity (Wildman–Crippen MR) is 103 cm³/mol. The van der Waals surface area contributed by atoms with Gasteiger partial charge in [-0.3, -0.25) is 0 Å². The molecule has 0 aliphatic carbocycles. The zero-order chi connectivity index (χ0) is 23.5. The van der Waals surface area contributed by atoms with Crippen molar-refractivity contribution in [2.45, 2.75) is 25.4 Å². The molecule has 0 amide bonds. The van der Waals surface area contributed by atoms with Gasteiger partial charge in [0.1, 0.15) is 28.8 Å². The van der Waals surface area contributed by atoms with Crippen molar-refractivity contribution < 1.29 is 31.4 Å². The van der Waals surface area contributed by atoms with Crippen molar-refractivity contribution in [1.29, 1.82) is 0 Å². The van der Waals surface area contributed by atoms with Crippen molar-refractivity contribution in [3.8, 4) is 11.5 Å². The Labute approximate surface area is 177 Å². The quantitative estimate of drug-likeness (QED) is 0.468. The minimum atomic E-state index is -4.69. The SMILES string of the molecule is CC(O)CNc1cc(Nc2cc(C(F)(F)F)ccn2)nc(-c2cccc(C(F)(F)F)n2)n1. The second-order valence-electron chi connectivity index (χ2n) is 6.65. The highest BCUT2D eigenvalue weighted by molar-refractivity contribution is 5.62. The molecule has 3 aromatic rings. The highest BCUT2D eigenvalue weighted by Gasteiger charge is 2.33. The standard InChI is InChI=1S/C19H16F6N6O/c1-10(32)9-27-15-8-16(29-14-7-11(5-6-26-14)18(20,21)22)31-17(30-15)12-3-2-4-13(28-12)19(23,24)25/h2-8,10,32H,9H2,1H3,(H2,26,27,29,30,31). The van der Waals surface area contributed by atoms with Crippen LogP contribution in [0.4, 0.5) is 43.8 Å². The fraction of sp³-hybridized carbons (Fsp3) is 0.263. The monoisotopic (exact) mass is 458 g/mol. The van der Waals surface area contributed by atoms with Crippen LogP contribution in [0.3, 0.4) is 0 Å². The molecule has 3 rings (SSSR count). The van der Waals surface area contributed by atoms with Crippen molar-refractivity contribution in [3.63, 3.8) is 0 Å². The molecule has 170 valence electrons. The fourth-order valence-corrected chi connectivity index (χ4v) is 2.49. The summed E-state index contributed by atoms with van der Waals surface area (Å²) in [7, 11) is 0. The number of pyridine rings is 2. The molecule has 7 nitrogen and oxygen atoms in total. The van der Waals surface area contributed by atoms with Crippen LogP contribution < -0.4 is 10.6 Å². The molecule has 0 aliphatic heterocycles. The first-order chi connectivity index (χ1) is 14.9. The minimum absolute atomic E-state index is 0.0471. The number of aliphatic hydroxyl groups excluding tert-OH is 1. The van der Waals surface area contributed by atoms with E-state index in [0.29, 0.717) is 0 Å². The first kappa shape index (κ1) is 23.2. The van der Waals surface area contributed by atoms with Crippen LogP contribution >= 0.6 is 0 Å². The molecule has 3 heterocycles. The molecule has 0 spiro atoms. The minimum Gasteiger partial charge on any atom is -0.392 e. The highest BCUT2D eigenvalue weighted by Crippen LogP contribution is 2.31. The van der Waals surface area contributed by atoms with E-state index in [1.807, 2.05) is 0 Å². The molecular formula is C19H16F6N6O. The fourth-order valence-electron chi connectivity index (χ4n) is 2.49. The van der Waals surface area contributed by atoms with Crippen LogP contribution in [0.1, 0.15) is 18.2 Å². The molecule has 0 aromatic carbocycles. The molecule has 0 fully saturated rings. The second kappa shape index (κ2) is 8.94. The number of hydrogen-bond donors (Lipinski definition) is 3. The van der Waals surface area contributed by atoms with E-state index in [1.54, 1.807) is 0 Å². The molecule has 0 radical (unpaired) electrons. The number of alkyl halides is 6. The van der Waals surface area contributed by atoms with E-state index in [0.717, 1.165) is 30.5 Å². The van der Waals surface area contributed by atoms with Gasteiger partial charge in [0.25, 0.3) is 0 Å². The number of nitrogens with one attached hydrogen (secondary N) is 2. The second-order valence-corrected chi connectivity index (χ2v) is 6.65. The van der Waals surface area contributed by atoms with Gasteiger partial charge in [0, 0.05) is 18.8 Å². The van der Waals surface area contributed by atoms with Gasteiger partial charge in [0.2, 0.25) is 0 Å². The summed E-state index contributed by atoms with van der Waals surface area (Å²) in [5, 5.41) is 14.8. The normalized spacial score (nSPS) is 13.0. The molecular weight excluding hydrogens is 442 g/mol. The Morgan fingerprint density at radius 1 is 0.906 bits per heavy atom. The average Bonchev–Trinajstić information content (AvgIpc) is 2.71. The smallest absolute Gasteiger partial charge is 0.392 e. The van der Waals surface area contributed by atoms with Crippen molar-refractivity contribution >= 4 is 17.5 Å². The number of hydrogen-bond acceptors (Lipinski definition) is 7. The lowest BCUT2D eigenvalue weighted by Crippen LogP contribution is -2.17. The van der Waals surface area contributed by atoms with E-state index in [2.05, 4.69) is 30.6 Å². The summed E-state index contributed by atoms with van der Waals surface area (Å²) in [5.41, 5.74) is -2.31. The van der Waals surface area contributed by atoms with E-state index < -0.39 is 29.7 Å². The lowest BCUT2D eigenvalue weighted by Gasteiger charge is -2.13. The summed E-state index contributed by atoms with van der Waals surface area (Å²) in [6.07, 6.45) is -9.11. The zero-order valence-electron chi connectivity index (χ0n) is 16.3. The van der Waals surface area contributed by atoms with Gasteiger partial charge in [0.05, 0.1) is 11.7 Å². The van der Waals surface area contributed by atoms with E-state index in [1.165, 1.54) is 19.1 Å². The Morgan fingerprint density at radius 3 is 2.28 bits per heavy atom. The lowest BCUT2D eigenvalue weighted by molar-refractivity contribution is -0.141. The van der Waals surface area contributed by atoms with Crippen LogP contribution in [0.15, 0.2) is 42.6 Å². The van der Waals surface area contributed by atoms with Gasteiger partial charge in [-0.1, -0.05) is 6.07 Å². The molecule has 0 aliphatic rings. The number of halogens is 6. The van der Waals surface area contributed by atoms with Gasteiger partial charge in [-0.25, -0.2) is 19.9 Å². The molecule has 1 unspecified atom stereocenters. The summed E-state index contributed by atoms with van der Waals surface area (Å²) in [4.78, 5) is 15.5. The molecule has 3 N–H and O–H groups in total. The Balaban J connectivity index is 2.01. The third-order valence-corrected chi connectivity index (χ3v) is 3.92. The maximum absolute atomic E-state index is 13.0. The van der Waals surface area contributed by atoms with Crippen molar-refractivity contribution in [2.75, 3.05) is 17.2 Å². The van der Waals surface area contributed by atoms with Crippen LogP contribution in [-0.4, -0.2) is 37.7 Å². The van der Waals surface area contributed by atoms with Gasteiger partial charge in [-0.05, 0) is 31.2 Å². The van der Waals surface area contributed by atoms with Gasteiger partial charge in [-0.2, -0.15) is 26.3 Å². The average molecular weight is 458 g/mol. The number of aromatic nitrogens is 4. The number of nitrogens with zero attached hydrogens (tertiary/aromatic N) is 4. The van der Waals surface area contributed by atoms with Crippen molar-refractivity contribution in [2.24, 2.45) is 0 Å².